The van der Waals surface area contributed by atoms with E-state index in [9.17, 15) is 0 Å². The summed E-state index contributed by atoms with van der Waals surface area (Å²) in [5.74, 6) is 1.86. The van der Waals surface area contributed by atoms with Crippen LogP contribution in [-0.2, 0) is 13.0 Å². The van der Waals surface area contributed by atoms with Gasteiger partial charge in [0.25, 0.3) is 0 Å². The van der Waals surface area contributed by atoms with Crippen molar-refractivity contribution in [2.45, 2.75) is 31.2 Å². The van der Waals surface area contributed by atoms with Gasteiger partial charge in [-0.1, -0.05) is 24.3 Å². The third-order valence-corrected chi connectivity index (χ3v) is 5.25. The number of guanidine groups is 1. The molecule has 1 heterocycles. The second-order valence-corrected chi connectivity index (χ2v) is 7.32. The van der Waals surface area contributed by atoms with E-state index in [2.05, 4.69) is 63.0 Å². The lowest BCUT2D eigenvalue weighted by Gasteiger charge is -2.14. The minimum Gasteiger partial charge on any atom is -0.356 e. The Labute approximate surface area is 188 Å². The molecule has 5 nitrogen and oxygen atoms in total. The second-order valence-electron chi connectivity index (χ2n) is 6.47. The Morgan fingerprint density at radius 3 is 2.75 bits per heavy atom. The molecule has 28 heavy (non-hydrogen) atoms. The summed E-state index contributed by atoms with van der Waals surface area (Å²) in [5, 5.41) is 6.79. The maximum Gasteiger partial charge on any atom is 0.191 e. The van der Waals surface area contributed by atoms with E-state index < -0.39 is 0 Å². The Bertz CT molecular complexity index is 889. The smallest absolute Gasteiger partial charge is 0.191 e. The summed E-state index contributed by atoms with van der Waals surface area (Å²) in [4.78, 5) is 13.6. The molecule has 0 aliphatic carbocycles. The van der Waals surface area contributed by atoms with Crippen LogP contribution in [0.1, 0.15) is 23.4 Å². The molecule has 0 aliphatic rings. The minimum absolute atomic E-state index is 0. The lowest BCUT2D eigenvalue weighted by atomic mass is 10.1. The van der Waals surface area contributed by atoms with Gasteiger partial charge in [0, 0.05) is 31.5 Å². The number of thioether (sulfide) groups is 1. The molecule has 0 unspecified atom stereocenters. The fourth-order valence-electron chi connectivity index (χ4n) is 2.98. The number of aryl methyl sites for hydroxylation is 2. The molecule has 0 aliphatic heterocycles. The van der Waals surface area contributed by atoms with E-state index in [1.807, 2.05) is 18.2 Å². The first-order valence-electron chi connectivity index (χ1n) is 9.21. The summed E-state index contributed by atoms with van der Waals surface area (Å²) < 4.78 is 0. The first-order chi connectivity index (χ1) is 13.2. The van der Waals surface area contributed by atoms with Crippen LogP contribution in [0.2, 0.25) is 0 Å². The maximum atomic E-state index is 4.62. The molecule has 2 aromatic carbocycles. The summed E-state index contributed by atoms with van der Waals surface area (Å²) in [6.07, 6.45) is 4.01. The predicted octanol–water partition coefficient (Wildman–Crippen LogP) is 4.51. The molecule has 0 saturated carbocycles. The van der Waals surface area contributed by atoms with E-state index in [0.717, 1.165) is 48.7 Å². The number of H-pyrrole nitrogens is 1. The Hall–Kier alpha value is -1.74. The van der Waals surface area contributed by atoms with Crippen LogP contribution in [0.25, 0.3) is 11.0 Å². The zero-order valence-electron chi connectivity index (χ0n) is 16.6. The van der Waals surface area contributed by atoms with Crippen LogP contribution in [0.4, 0.5) is 0 Å². The van der Waals surface area contributed by atoms with E-state index in [1.165, 1.54) is 16.0 Å². The number of para-hydroxylation sites is 2. The largest absolute Gasteiger partial charge is 0.356 e. The number of benzene rings is 2. The van der Waals surface area contributed by atoms with E-state index >= 15 is 0 Å². The van der Waals surface area contributed by atoms with Crippen molar-refractivity contribution in [3.8, 4) is 0 Å². The topological polar surface area (TPSA) is 65.1 Å². The van der Waals surface area contributed by atoms with Crippen molar-refractivity contribution in [1.82, 2.24) is 20.6 Å². The Balaban J connectivity index is 0.00000280. The number of hydrogen-bond donors (Lipinski definition) is 3. The number of rotatable bonds is 7. The van der Waals surface area contributed by atoms with Crippen LogP contribution in [0.5, 0.6) is 0 Å². The number of aromatic nitrogens is 2. The summed E-state index contributed by atoms with van der Waals surface area (Å²) >= 11 is 1.78. The quantitative estimate of drug-likeness (QED) is 0.144. The van der Waals surface area contributed by atoms with Gasteiger partial charge < -0.3 is 15.6 Å². The highest BCUT2D eigenvalue weighted by molar-refractivity contribution is 14.0. The Morgan fingerprint density at radius 1 is 1.18 bits per heavy atom. The van der Waals surface area contributed by atoms with Gasteiger partial charge in [-0.3, -0.25) is 4.99 Å². The maximum absolute atomic E-state index is 4.62. The standard InChI is InChI=1S/C21H27N5S.HI/c1-15-10-11-16(19(13-15)27-3)14-24-21(22-2)23-12-6-9-20-25-17-7-4-5-8-18(17)26-20;/h4-5,7-8,10-11,13H,6,9,12,14H2,1-3H3,(H,25,26)(H2,22,23,24);1H. The normalized spacial score (nSPS) is 11.3. The van der Waals surface area contributed by atoms with Crippen molar-refractivity contribution in [3.05, 3.63) is 59.4 Å². The minimum atomic E-state index is 0. The lowest BCUT2D eigenvalue weighted by Crippen LogP contribution is -2.37. The van der Waals surface area contributed by atoms with Gasteiger partial charge in [-0.15, -0.1) is 35.7 Å². The summed E-state index contributed by atoms with van der Waals surface area (Å²) in [7, 11) is 1.80. The van der Waals surface area contributed by atoms with Gasteiger partial charge in [-0.05, 0) is 48.9 Å². The molecule has 1 aromatic heterocycles. The second kappa shape index (κ2) is 11.3. The third-order valence-electron chi connectivity index (χ3n) is 4.43. The highest BCUT2D eigenvalue weighted by Crippen LogP contribution is 2.21. The Morgan fingerprint density at radius 2 is 2.00 bits per heavy atom. The van der Waals surface area contributed by atoms with Crippen molar-refractivity contribution in [1.29, 1.82) is 0 Å². The van der Waals surface area contributed by atoms with Crippen LogP contribution < -0.4 is 10.6 Å². The van der Waals surface area contributed by atoms with E-state index in [-0.39, 0.29) is 24.0 Å². The SMILES string of the molecule is CN=C(NCCCc1nc2ccccc2[nH]1)NCc1ccc(C)cc1SC.I. The number of nitrogens with zero attached hydrogens (tertiary/aromatic N) is 2. The molecule has 0 bridgehead atoms. The third kappa shape index (κ3) is 6.13. The number of aromatic amines is 1. The summed E-state index contributed by atoms with van der Waals surface area (Å²) in [6, 6.07) is 14.7. The van der Waals surface area contributed by atoms with Crippen LogP contribution in [-0.4, -0.2) is 35.8 Å². The molecule has 3 N–H and O–H groups in total. The number of halogens is 1. The molecule has 0 radical (unpaired) electrons. The molecule has 3 aromatic rings. The average Bonchev–Trinajstić information content (AvgIpc) is 3.11. The molecule has 7 heteroatoms. The van der Waals surface area contributed by atoms with Gasteiger partial charge in [0.2, 0.25) is 0 Å². The molecule has 0 spiro atoms. The van der Waals surface area contributed by atoms with Crippen molar-refractivity contribution in [2.24, 2.45) is 4.99 Å². The molecule has 3 rings (SSSR count). The van der Waals surface area contributed by atoms with Crippen LogP contribution in [0.3, 0.4) is 0 Å². The van der Waals surface area contributed by atoms with E-state index in [0.29, 0.717) is 0 Å². The fraction of sp³-hybridized carbons (Fsp3) is 0.333. The van der Waals surface area contributed by atoms with Crippen LogP contribution in [0, 0.1) is 6.92 Å². The number of imidazole rings is 1. The molecule has 0 amide bonds. The van der Waals surface area contributed by atoms with Gasteiger partial charge in [-0.25, -0.2) is 4.98 Å². The highest BCUT2D eigenvalue weighted by Gasteiger charge is 2.05. The monoisotopic (exact) mass is 509 g/mol. The lowest BCUT2D eigenvalue weighted by molar-refractivity contribution is 0.724. The first-order valence-corrected chi connectivity index (χ1v) is 10.4. The van der Waals surface area contributed by atoms with Gasteiger partial charge in [-0.2, -0.15) is 0 Å². The number of aliphatic imine (C=N–C) groups is 1. The Kier molecular flexibility index (Phi) is 9.11. The zero-order valence-corrected chi connectivity index (χ0v) is 19.7. The van der Waals surface area contributed by atoms with Gasteiger partial charge in [0.15, 0.2) is 5.96 Å². The molecular formula is C21H28IN5S. The van der Waals surface area contributed by atoms with Crippen LogP contribution >= 0.6 is 35.7 Å². The average molecular weight is 509 g/mol. The van der Waals surface area contributed by atoms with Crippen molar-refractivity contribution < 1.29 is 0 Å². The number of hydrogen-bond acceptors (Lipinski definition) is 3. The van der Waals surface area contributed by atoms with Crippen LogP contribution in [0.15, 0.2) is 52.4 Å². The summed E-state index contributed by atoms with van der Waals surface area (Å²) in [6.45, 7) is 3.74. The number of nitrogens with one attached hydrogen (secondary N) is 3. The molecule has 0 saturated heterocycles. The van der Waals surface area contributed by atoms with E-state index in [4.69, 9.17) is 0 Å². The van der Waals surface area contributed by atoms with Crippen molar-refractivity contribution in [3.63, 3.8) is 0 Å². The highest BCUT2D eigenvalue weighted by atomic mass is 127. The molecular weight excluding hydrogens is 481 g/mol. The van der Waals surface area contributed by atoms with Crippen molar-refractivity contribution >= 4 is 52.7 Å². The molecule has 0 atom stereocenters. The summed E-state index contributed by atoms with van der Waals surface area (Å²) in [5.41, 5.74) is 4.70. The first kappa shape index (κ1) is 22.5. The van der Waals surface area contributed by atoms with E-state index in [1.54, 1.807) is 18.8 Å². The van der Waals surface area contributed by atoms with Gasteiger partial charge in [0.05, 0.1) is 11.0 Å². The fourth-order valence-corrected chi connectivity index (χ4v) is 3.69. The predicted molar refractivity (Wildman–Crippen MR) is 131 cm³/mol. The number of fused-ring (bicyclic) bond motifs is 1. The molecule has 0 fully saturated rings. The molecule has 150 valence electrons. The van der Waals surface area contributed by atoms with Gasteiger partial charge >= 0.3 is 0 Å². The van der Waals surface area contributed by atoms with Gasteiger partial charge in [0.1, 0.15) is 5.82 Å². The van der Waals surface area contributed by atoms with Crippen molar-refractivity contribution in [2.75, 3.05) is 19.8 Å². The zero-order chi connectivity index (χ0) is 19.1.